The van der Waals surface area contributed by atoms with E-state index in [1.807, 2.05) is 18.2 Å². The molecule has 0 radical (unpaired) electrons. The highest BCUT2D eigenvalue weighted by molar-refractivity contribution is 6.31. The molecule has 1 amide bonds. The van der Waals surface area contributed by atoms with Crippen LogP contribution in [0.4, 0.5) is 21.6 Å². The van der Waals surface area contributed by atoms with E-state index >= 15 is 0 Å². The predicted molar refractivity (Wildman–Crippen MR) is 177 cm³/mol. The molecule has 7 rings (SSSR count). The number of ether oxygens (including phenoxy) is 1. The molecule has 2 aliphatic carbocycles. The Kier molecular flexibility index (Phi) is 8.44. The first kappa shape index (κ1) is 30.4. The lowest BCUT2D eigenvalue weighted by atomic mass is 9.69. The molecule has 2 N–H and O–H groups in total. The topological polar surface area (TPSA) is 82.6 Å². The summed E-state index contributed by atoms with van der Waals surface area (Å²) in [6, 6.07) is 8.14. The SMILES string of the molecule is CN1CCC2(CC1)CC2COc1cc2ncnc(Nc3ccc(F)c(Cl)c3)c2cc1NC(=O)C=CCN1CC2(CCCCC2)C1. The van der Waals surface area contributed by atoms with Crippen molar-refractivity contribution in [3.05, 3.63) is 59.7 Å². The number of amides is 1. The van der Waals surface area contributed by atoms with Crippen LogP contribution in [0.15, 0.2) is 48.8 Å². The molecule has 10 heteroatoms. The molecule has 3 heterocycles. The van der Waals surface area contributed by atoms with E-state index in [9.17, 15) is 9.18 Å². The maximum absolute atomic E-state index is 13.8. The number of anilines is 3. The van der Waals surface area contributed by atoms with E-state index in [0.717, 1.165) is 32.7 Å². The summed E-state index contributed by atoms with van der Waals surface area (Å²) in [6.45, 7) is 5.91. The lowest BCUT2D eigenvalue weighted by Crippen LogP contribution is -2.56. The van der Waals surface area contributed by atoms with Gasteiger partial charge < -0.3 is 20.3 Å². The summed E-state index contributed by atoms with van der Waals surface area (Å²) in [6.07, 6.45) is 15.4. The second kappa shape index (κ2) is 12.5. The van der Waals surface area contributed by atoms with Crippen molar-refractivity contribution in [3.8, 4) is 5.75 Å². The second-order valence-electron chi connectivity index (χ2n) is 13.8. The Morgan fingerprint density at radius 2 is 1.91 bits per heavy atom. The van der Waals surface area contributed by atoms with E-state index in [4.69, 9.17) is 16.3 Å². The number of nitrogens with one attached hydrogen (secondary N) is 2. The van der Waals surface area contributed by atoms with Crippen LogP contribution in [0, 0.1) is 22.6 Å². The van der Waals surface area contributed by atoms with Crippen molar-refractivity contribution in [2.75, 3.05) is 57.0 Å². The lowest BCUT2D eigenvalue weighted by molar-refractivity contribution is -0.112. The molecule has 0 bridgehead atoms. The van der Waals surface area contributed by atoms with Gasteiger partial charge in [-0.1, -0.05) is 36.9 Å². The van der Waals surface area contributed by atoms with Crippen LogP contribution >= 0.6 is 11.6 Å². The number of likely N-dealkylation sites (tertiary alicyclic amines) is 2. The van der Waals surface area contributed by atoms with Crippen molar-refractivity contribution in [1.82, 2.24) is 19.8 Å². The van der Waals surface area contributed by atoms with Crippen LogP contribution in [-0.4, -0.2) is 72.1 Å². The van der Waals surface area contributed by atoms with E-state index in [1.165, 1.54) is 69.8 Å². The van der Waals surface area contributed by atoms with Gasteiger partial charge in [-0.05, 0) is 93.3 Å². The van der Waals surface area contributed by atoms with Crippen LogP contribution in [0.25, 0.3) is 10.9 Å². The minimum Gasteiger partial charge on any atom is -0.491 e. The number of benzene rings is 2. The first-order valence-electron chi connectivity index (χ1n) is 16.3. The van der Waals surface area contributed by atoms with Crippen molar-refractivity contribution in [2.45, 2.75) is 51.4 Å². The molecule has 4 fully saturated rings. The molecule has 3 aromatic rings. The molecule has 1 aromatic heterocycles. The Bertz CT molecular complexity index is 1590. The molecule has 2 saturated heterocycles. The summed E-state index contributed by atoms with van der Waals surface area (Å²) < 4.78 is 20.2. The van der Waals surface area contributed by atoms with Crippen LogP contribution < -0.4 is 15.4 Å². The number of hydrogen-bond donors (Lipinski definition) is 2. The van der Waals surface area contributed by atoms with Gasteiger partial charge in [0.1, 0.15) is 23.7 Å². The Hall–Kier alpha value is -3.27. The number of rotatable bonds is 9. The molecule has 2 aromatic carbocycles. The van der Waals surface area contributed by atoms with Gasteiger partial charge in [-0.2, -0.15) is 0 Å². The summed E-state index contributed by atoms with van der Waals surface area (Å²) in [5, 5.41) is 7.00. The third-order valence-corrected chi connectivity index (χ3v) is 10.9. The van der Waals surface area contributed by atoms with E-state index in [-0.39, 0.29) is 10.9 Å². The van der Waals surface area contributed by atoms with Crippen molar-refractivity contribution in [3.63, 3.8) is 0 Å². The molecule has 1 unspecified atom stereocenters. The van der Waals surface area contributed by atoms with E-state index in [2.05, 4.69) is 37.4 Å². The zero-order chi connectivity index (χ0) is 31.0. The van der Waals surface area contributed by atoms with Gasteiger partial charge in [0.15, 0.2) is 0 Å². The number of halogens is 2. The number of carbonyl (C=O) groups is 1. The standard InChI is InChI=1S/C35H42ClFN6O2/c1-42-14-11-35(12-15-42)19-24(35)20-45-31-18-29-26(33(39-23-38-29)40-25-7-8-28(37)27(36)16-25)17-30(31)41-32(44)6-5-13-43-21-34(22-43)9-3-2-4-10-34/h5-8,16-18,23-24H,2-4,9-15,19-22H2,1H3,(H,41,44)(H,38,39,40). The third kappa shape index (κ3) is 6.67. The minimum absolute atomic E-state index is 0.0170. The lowest BCUT2D eigenvalue weighted by Gasteiger charge is -2.52. The largest absolute Gasteiger partial charge is 0.491 e. The van der Waals surface area contributed by atoms with Gasteiger partial charge in [0.2, 0.25) is 5.91 Å². The highest BCUT2D eigenvalue weighted by Crippen LogP contribution is 2.59. The molecule has 8 nitrogen and oxygen atoms in total. The average Bonchev–Trinajstić information content (AvgIpc) is 3.71. The Morgan fingerprint density at radius 1 is 1.11 bits per heavy atom. The number of piperidine rings is 1. The summed E-state index contributed by atoms with van der Waals surface area (Å²) in [7, 11) is 2.19. The normalized spacial score (nSPS) is 22.5. The fourth-order valence-electron chi connectivity index (χ4n) is 7.78. The molecule has 238 valence electrons. The molecule has 4 aliphatic rings. The van der Waals surface area contributed by atoms with Crippen molar-refractivity contribution in [1.29, 1.82) is 0 Å². The zero-order valence-corrected chi connectivity index (χ0v) is 26.7. The van der Waals surface area contributed by atoms with Gasteiger partial charge in [-0.15, -0.1) is 0 Å². The minimum atomic E-state index is -0.491. The number of nitrogens with zero attached hydrogens (tertiary/aromatic N) is 4. The number of aromatic nitrogens is 2. The maximum Gasteiger partial charge on any atom is 0.248 e. The predicted octanol–water partition coefficient (Wildman–Crippen LogP) is 7.04. The summed E-state index contributed by atoms with van der Waals surface area (Å²) in [5.74, 6) is 0.926. The zero-order valence-electron chi connectivity index (χ0n) is 26.0. The van der Waals surface area contributed by atoms with Crippen LogP contribution in [0.3, 0.4) is 0 Å². The Balaban J connectivity index is 1.08. The summed E-state index contributed by atoms with van der Waals surface area (Å²) >= 11 is 6.02. The molecule has 2 aliphatic heterocycles. The van der Waals surface area contributed by atoms with Gasteiger partial charge in [-0.3, -0.25) is 9.69 Å². The molecule has 45 heavy (non-hydrogen) atoms. The van der Waals surface area contributed by atoms with Gasteiger partial charge in [-0.25, -0.2) is 14.4 Å². The Labute approximate surface area is 269 Å². The van der Waals surface area contributed by atoms with E-state index < -0.39 is 5.82 Å². The van der Waals surface area contributed by atoms with Crippen LogP contribution in [0.5, 0.6) is 5.75 Å². The van der Waals surface area contributed by atoms with Gasteiger partial charge in [0, 0.05) is 42.9 Å². The first-order valence-corrected chi connectivity index (χ1v) is 16.7. The Morgan fingerprint density at radius 3 is 2.69 bits per heavy atom. The molecule has 2 spiro atoms. The number of hydrogen-bond acceptors (Lipinski definition) is 7. The van der Waals surface area contributed by atoms with Gasteiger partial charge in [0.05, 0.1) is 22.8 Å². The number of fused-ring (bicyclic) bond motifs is 1. The van der Waals surface area contributed by atoms with E-state index in [0.29, 0.717) is 57.2 Å². The number of carbonyl (C=O) groups excluding carboxylic acids is 1. The van der Waals surface area contributed by atoms with Crippen molar-refractivity contribution < 1.29 is 13.9 Å². The van der Waals surface area contributed by atoms with Crippen LogP contribution in [0.1, 0.15) is 51.4 Å². The third-order valence-electron chi connectivity index (χ3n) is 10.6. The van der Waals surface area contributed by atoms with Crippen molar-refractivity contribution >= 4 is 45.6 Å². The molecule has 2 saturated carbocycles. The van der Waals surface area contributed by atoms with Gasteiger partial charge in [0.25, 0.3) is 0 Å². The quantitative estimate of drug-likeness (QED) is 0.245. The highest BCUT2D eigenvalue weighted by Gasteiger charge is 2.54. The van der Waals surface area contributed by atoms with E-state index in [1.54, 1.807) is 12.1 Å². The van der Waals surface area contributed by atoms with Crippen LogP contribution in [0.2, 0.25) is 5.02 Å². The summed E-state index contributed by atoms with van der Waals surface area (Å²) in [5.41, 5.74) is 2.73. The average molecular weight is 633 g/mol. The van der Waals surface area contributed by atoms with Crippen LogP contribution in [-0.2, 0) is 4.79 Å². The highest BCUT2D eigenvalue weighted by atomic mass is 35.5. The van der Waals surface area contributed by atoms with Crippen molar-refractivity contribution in [2.24, 2.45) is 16.7 Å². The summed E-state index contributed by atoms with van der Waals surface area (Å²) in [4.78, 5) is 26.9. The molecular formula is C35H42ClFN6O2. The molecule has 1 atom stereocenters. The smallest absolute Gasteiger partial charge is 0.248 e. The maximum atomic E-state index is 13.8. The molecular weight excluding hydrogens is 591 g/mol. The van der Waals surface area contributed by atoms with Gasteiger partial charge >= 0.3 is 0 Å². The monoisotopic (exact) mass is 632 g/mol. The second-order valence-corrected chi connectivity index (χ2v) is 14.2. The fraction of sp³-hybridized carbons (Fsp3) is 0.514. The fourth-order valence-corrected chi connectivity index (χ4v) is 7.96. The first-order chi connectivity index (χ1) is 21.8.